The van der Waals surface area contributed by atoms with Gasteiger partial charge >= 0.3 is 11.9 Å². The summed E-state index contributed by atoms with van der Waals surface area (Å²) in [5.74, 6) is -1.31. The number of aromatic nitrogens is 2. The Morgan fingerprint density at radius 1 is 0.900 bits per heavy atom. The van der Waals surface area contributed by atoms with E-state index in [1.54, 1.807) is 61.1 Å². The number of nitrogens with one attached hydrogen (secondary N) is 1. The van der Waals surface area contributed by atoms with Crippen molar-refractivity contribution in [1.82, 2.24) is 14.5 Å². The van der Waals surface area contributed by atoms with Gasteiger partial charge in [0.05, 0.1) is 63.5 Å². The number of ether oxygens (including phenoxy) is 6. The molecule has 1 aliphatic carbocycles. The molecule has 3 heterocycles. The monoisotopic (exact) mass is 846 g/mol. The van der Waals surface area contributed by atoms with E-state index in [1.165, 1.54) is 19.4 Å². The maximum Gasteiger partial charge on any atom is 0.343 e. The normalized spacial score (nSPS) is 15.4. The van der Waals surface area contributed by atoms with E-state index in [9.17, 15) is 19.2 Å². The molecule has 2 fully saturated rings. The highest BCUT2D eigenvalue weighted by Gasteiger charge is 2.32. The van der Waals surface area contributed by atoms with E-state index in [1.807, 2.05) is 16.4 Å². The number of halogens is 2. The first-order chi connectivity index (χ1) is 29.0. The van der Waals surface area contributed by atoms with Crippen LogP contribution in [-0.2, 0) is 30.2 Å². The van der Waals surface area contributed by atoms with Crippen LogP contribution in [0.3, 0.4) is 0 Å². The number of methoxy groups -OCH3 is 2. The van der Waals surface area contributed by atoms with Gasteiger partial charge in [0.2, 0.25) is 5.43 Å². The molecule has 1 N–H and O–H groups in total. The first-order valence-corrected chi connectivity index (χ1v) is 20.3. The lowest BCUT2D eigenvalue weighted by atomic mass is 10.1. The highest BCUT2D eigenvalue weighted by Crippen LogP contribution is 2.44. The summed E-state index contributed by atoms with van der Waals surface area (Å²) < 4.78 is 52.3. The molecule has 1 saturated heterocycles. The number of hydrogen-bond acceptors (Lipinski definition) is 12. The number of anilines is 1. The number of carbonyl (C=O) groups is 3. The summed E-state index contributed by atoms with van der Waals surface area (Å²) in [6.07, 6.45) is 3.12. The van der Waals surface area contributed by atoms with Crippen LogP contribution in [0.1, 0.15) is 57.8 Å². The molecule has 5 aromatic rings. The van der Waals surface area contributed by atoms with E-state index in [0.717, 1.165) is 12.8 Å². The first kappa shape index (κ1) is 42.6. The predicted octanol–water partition coefficient (Wildman–Crippen LogP) is 5.87. The second-order valence-electron chi connectivity index (χ2n) is 14.8. The van der Waals surface area contributed by atoms with Gasteiger partial charge in [0.25, 0.3) is 5.91 Å². The fourth-order valence-electron chi connectivity index (χ4n) is 7.65. The molecule has 0 radical (unpaired) electrons. The maximum atomic E-state index is 15.8. The third-order valence-electron chi connectivity index (χ3n) is 10.7. The maximum absolute atomic E-state index is 15.8. The van der Waals surface area contributed by atoms with Crippen molar-refractivity contribution in [3.05, 3.63) is 98.2 Å². The Bertz CT molecular complexity index is 2460. The van der Waals surface area contributed by atoms with Crippen molar-refractivity contribution < 1.29 is 47.2 Å². The average molecular weight is 847 g/mol. The number of pyridine rings is 1. The summed E-state index contributed by atoms with van der Waals surface area (Å²) in [5.41, 5.74) is 2.27. The van der Waals surface area contributed by atoms with E-state index < -0.39 is 23.2 Å². The van der Waals surface area contributed by atoms with Gasteiger partial charge in [-0.15, -0.1) is 0 Å². The number of benzene rings is 3. The number of esters is 2. The molecule has 0 spiro atoms. The molecule has 2 aliphatic rings. The molecule has 1 aliphatic heterocycles. The smallest absolute Gasteiger partial charge is 0.343 e. The fourth-order valence-corrected chi connectivity index (χ4v) is 7.78. The number of piperazine rings is 1. The Morgan fingerprint density at radius 3 is 2.27 bits per heavy atom. The average Bonchev–Trinajstić information content (AvgIpc) is 4.05. The van der Waals surface area contributed by atoms with Crippen molar-refractivity contribution in [3.63, 3.8) is 0 Å². The highest BCUT2D eigenvalue weighted by atomic mass is 35.5. The summed E-state index contributed by atoms with van der Waals surface area (Å²) in [5, 5.41) is 4.62. The van der Waals surface area contributed by atoms with Crippen LogP contribution in [-0.4, -0.2) is 107 Å². The van der Waals surface area contributed by atoms with Gasteiger partial charge in [-0.25, -0.2) is 9.18 Å². The number of nitrogens with zero attached hydrogens (tertiary/aromatic N) is 3. The van der Waals surface area contributed by atoms with Gasteiger partial charge in [-0.1, -0.05) is 11.6 Å². The predicted molar refractivity (Wildman–Crippen MR) is 224 cm³/mol. The molecule has 2 aromatic heterocycles. The van der Waals surface area contributed by atoms with Gasteiger partial charge in [-0.2, -0.15) is 0 Å². The van der Waals surface area contributed by atoms with E-state index in [-0.39, 0.29) is 80.8 Å². The van der Waals surface area contributed by atoms with Crippen molar-refractivity contribution >= 4 is 56.9 Å². The number of fused-ring (bicyclic) bond motifs is 2. The van der Waals surface area contributed by atoms with Crippen LogP contribution in [0, 0.1) is 12.7 Å². The van der Waals surface area contributed by atoms with E-state index in [0.29, 0.717) is 69.3 Å². The lowest BCUT2D eigenvalue weighted by Gasteiger charge is -2.35. The molecule has 14 nitrogen and oxygen atoms in total. The summed E-state index contributed by atoms with van der Waals surface area (Å²) in [7, 11) is 3.01. The lowest BCUT2D eigenvalue weighted by Crippen LogP contribution is -2.49. The second-order valence-corrected chi connectivity index (χ2v) is 15.2. The molecule has 16 heteroatoms. The molecule has 3 aromatic carbocycles. The summed E-state index contributed by atoms with van der Waals surface area (Å²) in [4.78, 5) is 55.2. The molecule has 1 saturated carbocycles. The van der Waals surface area contributed by atoms with Crippen molar-refractivity contribution in [2.75, 3.05) is 78.4 Å². The molecule has 318 valence electrons. The van der Waals surface area contributed by atoms with Crippen LogP contribution in [0.4, 0.5) is 10.1 Å². The lowest BCUT2D eigenvalue weighted by molar-refractivity contribution is -0.144. The Labute approximate surface area is 351 Å². The first-order valence-electron chi connectivity index (χ1n) is 19.9. The van der Waals surface area contributed by atoms with Crippen molar-refractivity contribution in [2.45, 2.75) is 45.2 Å². The minimum absolute atomic E-state index is 0.00265. The summed E-state index contributed by atoms with van der Waals surface area (Å²) >= 11 is 6.03. The van der Waals surface area contributed by atoms with Crippen LogP contribution in [0.2, 0.25) is 5.02 Å². The van der Waals surface area contributed by atoms with Gasteiger partial charge in [0, 0.05) is 59.6 Å². The molecule has 7 rings (SSSR count). The van der Waals surface area contributed by atoms with Crippen LogP contribution >= 0.6 is 11.6 Å². The minimum Gasteiger partial charge on any atom is -0.497 e. The van der Waals surface area contributed by atoms with Crippen molar-refractivity contribution in [2.24, 2.45) is 0 Å². The molecule has 1 unspecified atom stereocenters. The Balaban J connectivity index is 0.877. The van der Waals surface area contributed by atoms with Crippen LogP contribution in [0.25, 0.3) is 21.8 Å². The van der Waals surface area contributed by atoms with E-state index in [4.69, 9.17) is 40.0 Å². The van der Waals surface area contributed by atoms with Gasteiger partial charge in [-0.05, 0) is 80.8 Å². The standard InChI is InChI=1S/C44H48ClFN4O10/c1-26-24-48(14-13-47-26)40-36(46)22-34-39(42(40)56-4)49(30-9-10-30)25-35(41(34)52)44(54)60-20-18-58-16-15-57-17-19-59-38(51)23-32-27(2)50(37-12-11-31(55-3)21-33(32)37)43(53)28-5-7-29(45)8-6-28/h5-8,11-12,21-22,25-26,30,47H,9-10,13-20,23-24H2,1-4H3. The molecular formula is C44H48ClFN4O10. The third kappa shape index (κ3) is 9.14. The zero-order valence-electron chi connectivity index (χ0n) is 34.0. The van der Waals surface area contributed by atoms with Crippen molar-refractivity contribution in [3.8, 4) is 11.5 Å². The van der Waals surface area contributed by atoms with E-state index >= 15 is 4.39 Å². The zero-order chi connectivity index (χ0) is 42.5. The largest absolute Gasteiger partial charge is 0.497 e. The van der Waals surface area contributed by atoms with Crippen LogP contribution < -0.4 is 25.1 Å². The quantitative estimate of drug-likeness (QED) is 0.0882. The SMILES string of the molecule is COc1ccc2c(c1)c(CC(=O)OCCOCCOCCOC(=O)c1cn(C3CC3)c3c(OC)c(N4CCNC(C)C4)c(F)cc3c1=O)c(C)n2C(=O)c1ccc(Cl)cc1. The van der Waals surface area contributed by atoms with Gasteiger partial charge < -0.3 is 43.2 Å². The Hall–Kier alpha value is -5.48. The fraction of sp³-hybridized carbons (Fsp3) is 0.409. The molecular weight excluding hydrogens is 799 g/mol. The van der Waals surface area contributed by atoms with Crippen LogP contribution in [0.15, 0.2) is 59.5 Å². The highest BCUT2D eigenvalue weighted by molar-refractivity contribution is 6.30. The topological polar surface area (TPSA) is 149 Å². The minimum atomic E-state index is -0.829. The zero-order valence-corrected chi connectivity index (χ0v) is 34.8. The van der Waals surface area contributed by atoms with Crippen molar-refractivity contribution in [1.29, 1.82) is 0 Å². The summed E-state index contributed by atoms with van der Waals surface area (Å²) in [6.45, 7) is 6.03. The molecule has 0 bridgehead atoms. The van der Waals surface area contributed by atoms with Crippen LogP contribution in [0.5, 0.6) is 11.5 Å². The third-order valence-corrected chi connectivity index (χ3v) is 11.0. The summed E-state index contributed by atoms with van der Waals surface area (Å²) in [6, 6.07) is 13.3. The molecule has 1 atom stereocenters. The van der Waals surface area contributed by atoms with E-state index in [2.05, 4.69) is 5.32 Å². The van der Waals surface area contributed by atoms with Gasteiger partial charge in [0.15, 0.2) is 11.6 Å². The van der Waals surface area contributed by atoms with Gasteiger partial charge in [0.1, 0.15) is 30.2 Å². The second kappa shape index (κ2) is 18.8. The van der Waals surface area contributed by atoms with Gasteiger partial charge in [-0.3, -0.25) is 19.0 Å². The number of carbonyl (C=O) groups excluding carboxylic acids is 3. The Kier molecular flexibility index (Phi) is 13.4. The number of hydrogen-bond donors (Lipinski definition) is 1. The molecule has 0 amide bonds. The molecule has 60 heavy (non-hydrogen) atoms. The Morgan fingerprint density at radius 2 is 1.60 bits per heavy atom. The number of rotatable bonds is 17.